The second kappa shape index (κ2) is 6.86. The van der Waals surface area contributed by atoms with Crippen LogP contribution in [0.4, 0.5) is 5.69 Å². The summed E-state index contributed by atoms with van der Waals surface area (Å²) in [6.07, 6.45) is 0. The molecular formula is C16H11ClN2O4S. The van der Waals surface area contributed by atoms with Crippen LogP contribution in [0.3, 0.4) is 0 Å². The Morgan fingerprint density at radius 2 is 2.12 bits per heavy atom. The maximum atomic E-state index is 12.2. The minimum atomic E-state index is -0.567. The van der Waals surface area contributed by atoms with Gasteiger partial charge in [0.05, 0.1) is 26.9 Å². The third kappa shape index (κ3) is 3.47. The van der Waals surface area contributed by atoms with Gasteiger partial charge in [0.2, 0.25) is 0 Å². The summed E-state index contributed by atoms with van der Waals surface area (Å²) in [4.78, 5) is 23.3. The molecule has 2 heterocycles. The summed E-state index contributed by atoms with van der Waals surface area (Å²) in [6, 6.07) is 11.2. The fraction of sp³-hybridized carbons (Fsp3) is 0.0625. The Morgan fingerprint density at radius 3 is 2.79 bits per heavy atom. The van der Waals surface area contributed by atoms with Crippen molar-refractivity contribution in [2.24, 2.45) is 0 Å². The van der Waals surface area contributed by atoms with Gasteiger partial charge in [0.1, 0.15) is 11.5 Å². The molecule has 1 N–H and O–H groups in total. The van der Waals surface area contributed by atoms with Crippen LogP contribution in [-0.2, 0) is 6.54 Å². The second-order valence-electron chi connectivity index (χ2n) is 4.85. The zero-order valence-electron chi connectivity index (χ0n) is 12.2. The SMILES string of the molecule is O=C(NCc1ccc(-c2cccs2)o1)c1ccc([N+](=O)[O-])cc1Cl. The van der Waals surface area contributed by atoms with E-state index in [2.05, 4.69) is 5.32 Å². The van der Waals surface area contributed by atoms with Crippen LogP contribution in [0.25, 0.3) is 10.6 Å². The highest BCUT2D eigenvalue weighted by atomic mass is 35.5. The largest absolute Gasteiger partial charge is 0.458 e. The Labute approximate surface area is 145 Å². The van der Waals surface area contributed by atoms with Crippen LogP contribution in [0.1, 0.15) is 16.1 Å². The van der Waals surface area contributed by atoms with Crippen LogP contribution in [0.15, 0.2) is 52.3 Å². The Kier molecular flexibility index (Phi) is 4.64. The molecule has 0 atom stereocenters. The summed E-state index contributed by atoms with van der Waals surface area (Å²) < 4.78 is 5.67. The normalized spacial score (nSPS) is 10.5. The molecule has 0 radical (unpaired) electrons. The molecule has 3 rings (SSSR count). The molecule has 0 saturated carbocycles. The summed E-state index contributed by atoms with van der Waals surface area (Å²) in [7, 11) is 0. The number of thiophene rings is 1. The fourth-order valence-corrected chi connectivity index (χ4v) is 3.04. The standard InChI is InChI=1S/C16H11ClN2O4S/c17-13-8-10(19(21)22)3-5-12(13)16(20)18-9-11-4-6-14(23-11)15-2-1-7-24-15/h1-8H,9H2,(H,18,20). The van der Waals surface area contributed by atoms with Crippen molar-refractivity contribution in [2.45, 2.75) is 6.54 Å². The molecule has 122 valence electrons. The Morgan fingerprint density at radius 1 is 1.29 bits per heavy atom. The summed E-state index contributed by atoms with van der Waals surface area (Å²) in [6.45, 7) is 0.192. The van der Waals surface area contributed by atoms with E-state index in [1.165, 1.54) is 12.1 Å². The van der Waals surface area contributed by atoms with Crippen molar-refractivity contribution >= 4 is 34.5 Å². The van der Waals surface area contributed by atoms with E-state index in [1.54, 1.807) is 17.4 Å². The van der Waals surface area contributed by atoms with Gasteiger partial charge < -0.3 is 9.73 Å². The summed E-state index contributed by atoms with van der Waals surface area (Å²) >= 11 is 7.50. The molecule has 24 heavy (non-hydrogen) atoms. The monoisotopic (exact) mass is 362 g/mol. The molecule has 0 aliphatic heterocycles. The van der Waals surface area contributed by atoms with Crippen molar-refractivity contribution < 1.29 is 14.1 Å². The van der Waals surface area contributed by atoms with Gasteiger partial charge >= 0.3 is 0 Å². The van der Waals surface area contributed by atoms with Gasteiger partial charge in [0.15, 0.2) is 0 Å². The van der Waals surface area contributed by atoms with Crippen molar-refractivity contribution in [3.63, 3.8) is 0 Å². The van der Waals surface area contributed by atoms with Crippen molar-refractivity contribution in [2.75, 3.05) is 0 Å². The van der Waals surface area contributed by atoms with Crippen molar-refractivity contribution in [3.8, 4) is 10.6 Å². The third-order valence-corrected chi connectivity index (χ3v) is 4.45. The van der Waals surface area contributed by atoms with Gasteiger partial charge in [-0.1, -0.05) is 17.7 Å². The molecule has 0 spiro atoms. The lowest BCUT2D eigenvalue weighted by atomic mass is 10.2. The molecule has 0 fully saturated rings. The number of hydrogen-bond acceptors (Lipinski definition) is 5. The van der Waals surface area contributed by atoms with Gasteiger partial charge in [0, 0.05) is 12.1 Å². The summed E-state index contributed by atoms with van der Waals surface area (Å²) in [5, 5.41) is 15.3. The molecular weight excluding hydrogens is 352 g/mol. The number of carbonyl (C=O) groups excluding carboxylic acids is 1. The van der Waals surface area contributed by atoms with Crippen molar-refractivity contribution in [1.82, 2.24) is 5.32 Å². The summed E-state index contributed by atoms with van der Waals surface area (Å²) in [5.41, 5.74) is 0.00970. The highest BCUT2D eigenvalue weighted by Crippen LogP contribution is 2.26. The Bertz CT molecular complexity index is 889. The van der Waals surface area contributed by atoms with Gasteiger partial charge in [-0.3, -0.25) is 14.9 Å². The van der Waals surface area contributed by atoms with Gasteiger partial charge in [0.25, 0.3) is 11.6 Å². The van der Waals surface area contributed by atoms with Crippen LogP contribution in [0, 0.1) is 10.1 Å². The number of amides is 1. The minimum absolute atomic E-state index is 0.0282. The molecule has 1 aromatic carbocycles. The van der Waals surface area contributed by atoms with E-state index in [9.17, 15) is 14.9 Å². The predicted molar refractivity (Wildman–Crippen MR) is 91.3 cm³/mol. The molecule has 0 unspecified atom stereocenters. The van der Waals surface area contributed by atoms with E-state index in [1.807, 2.05) is 23.6 Å². The first-order valence-corrected chi connectivity index (χ1v) is 8.15. The maximum Gasteiger partial charge on any atom is 0.270 e. The van der Waals surface area contributed by atoms with E-state index in [0.29, 0.717) is 5.76 Å². The maximum absolute atomic E-state index is 12.2. The number of halogens is 1. The smallest absolute Gasteiger partial charge is 0.270 e. The van der Waals surface area contributed by atoms with Crippen LogP contribution >= 0.6 is 22.9 Å². The molecule has 0 aliphatic rings. The summed E-state index contributed by atoms with van der Waals surface area (Å²) in [5.74, 6) is 0.913. The first kappa shape index (κ1) is 16.2. The molecule has 0 aliphatic carbocycles. The lowest BCUT2D eigenvalue weighted by Crippen LogP contribution is -2.22. The molecule has 2 aromatic heterocycles. The number of hydrogen-bond donors (Lipinski definition) is 1. The van der Waals surface area contributed by atoms with Crippen molar-refractivity contribution in [3.05, 3.63) is 74.3 Å². The number of rotatable bonds is 5. The second-order valence-corrected chi connectivity index (χ2v) is 6.20. The first-order valence-electron chi connectivity index (χ1n) is 6.89. The van der Waals surface area contributed by atoms with Gasteiger partial charge in [-0.2, -0.15) is 0 Å². The average Bonchev–Trinajstić information content (AvgIpc) is 3.23. The Hall–Kier alpha value is -2.64. The van der Waals surface area contributed by atoms with Crippen LogP contribution < -0.4 is 5.32 Å². The number of non-ortho nitro benzene ring substituents is 1. The highest BCUT2D eigenvalue weighted by Gasteiger charge is 2.15. The van der Waals surface area contributed by atoms with Crippen LogP contribution in [0.5, 0.6) is 0 Å². The van der Waals surface area contributed by atoms with E-state index < -0.39 is 10.8 Å². The lowest BCUT2D eigenvalue weighted by Gasteiger charge is -2.05. The van der Waals surface area contributed by atoms with Gasteiger partial charge in [-0.15, -0.1) is 11.3 Å². The molecule has 8 heteroatoms. The third-order valence-electron chi connectivity index (χ3n) is 3.26. The van der Waals surface area contributed by atoms with Crippen molar-refractivity contribution in [1.29, 1.82) is 0 Å². The van der Waals surface area contributed by atoms with Gasteiger partial charge in [-0.25, -0.2) is 0 Å². The number of benzene rings is 1. The highest BCUT2D eigenvalue weighted by molar-refractivity contribution is 7.13. The van der Waals surface area contributed by atoms with E-state index >= 15 is 0 Å². The molecule has 3 aromatic rings. The molecule has 1 amide bonds. The number of furan rings is 1. The minimum Gasteiger partial charge on any atom is -0.458 e. The lowest BCUT2D eigenvalue weighted by molar-refractivity contribution is -0.384. The number of nitro groups is 1. The topological polar surface area (TPSA) is 85.4 Å². The zero-order valence-corrected chi connectivity index (χ0v) is 13.8. The zero-order chi connectivity index (χ0) is 17.1. The number of carbonyl (C=O) groups is 1. The van der Waals surface area contributed by atoms with E-state index in [-0.39, 0.29) is 22.8 Å². The van der Waals surface area contributed by atoms with E-state index in [0.717, 1.165) is 16.7 Å². The molecule has 0 saturated heterocycles. The predicted octanol–water partition coefficient (Wildman–Crippen LogP) is 4.50. The quantitative estimate of drug-likeness (QED) is 0.535. The number of nitrogens with zero attached hydrogens (tertiary/aromatic N) is 1. The van der Waals surface area contributed by atoms with Crippen LogP contribution in [-0.4, -0.2) is 10.8 Å². The molecule has 0 bridgehead atoms. The average molecular weight is 363 g/mol. The fourth-order valence-electron chi connectivity index (χ4n) is 2.09. The molecule has 6 nitrogen and oxygen atoms in total. The van der Waals surface area contributed by atoms with Gasteiger partial charge in [-0.05, 0) is 29.6 Å². The van der Waals surface area contributed by atoms with E-state index in [4.69, 9.17) is 16.0 Å². The first-order chi connectivity index (χ1) is 11.5. The Balaban J connectivity index is 1.66. The van der Waals surface area contributed by atoms with Crippen LogP contribution in [0.2, 0.25) is 5.02 Å². The number of nitrogens with one attached hydrogen (secondary N) is 1. The number of nitro benzene ring substituents is 1.